The van der Waals surface area contributed by atoms with Gasteiger partial charge in [-0.3, -0.25) is 0 Å². The number of H-pyrrole nitrogens is 1. The highest BCUT2D eigenvalue weighted by Gasteiger charge is 2.20. The molecule has 0 saturated heterocycles. The van der Waals surface area contributed by atoms with Crippen molar-refractivity contribution in [3.63, 3.8) is 0 Å². The second-order valence-corrected chi connectivity index (χ2v) is 3.61. The van der Waals surface area contributed by atoms with E-state index in [1.165, 1.54) is 0 Å². The molecule has 1 aromatic carbocycles. The number of rotatable bonds is 3. The number of ether oxygens (including phenoxy) is 1. The highest BCUT2D eigenvalue weighted by molar-refractivity contribution is 5.82. The third-order valence-corrected chi connectivity index (χ3v) is 2.25. The molecular formula is C11H12N3O4+. The molecular weight excluding hydrogens is 238 g/mol. The van der Waals surface area contributed by atoms with Crippen LogP contribution in [-0.4, -0.2) is 11.2 Å². The molecule has 0 spiro atoms. The Kier molecular flexibility index (Phi) is 3.42. The van der Waals surface area contributed by atoms with Gasteiger partial charge in [0, 0.05) is 6.92 Å². The van der Waals surface area contributed by atoms with Crippen molar-refractivity contribution in [3.05, 3.63) is 46.5 Å². The van der Waals surface area contributed by atoms with Gasteiger partial charge in [0.25, 0.3) is 0 Å². The number of nitrogens with one attached hydrogen (secondary N) is 2. The topological polar surface area (TPSA) is 90.2 Å². The van der Waals surface area contributed by atoms with Crippen LogP contribution in [0, 0.1) is 11.8 Å². The summed E-state index contributed by atoms with van der Waals surface area (Å²) in [6.07, 6.45) is -0.721. The number of aromatic nitrogens is 2. The first-order valence-electron chi connectivity index (χ1n) is 5.25. The minimum Gasteiger partial charge on any atom is -0.433 e. The maximum Gasteiger partial charge on any atom is 0.474 e. The Labute approximate surface area is 102 Å². The Morgan fingerprint density at radius 1 is 1.44 bits per heavy atom. The number of nitrogens with zero attached hydrogens (tertiary/aromatic N) is 1. The van der Waals surface area contributed by atoms with E-state index in [1.54, 1.807) is 6.92 Å². The molecule has 94 valence electrons. The summed E-state index contributed by atoms with van der Waals surface area (Å²) in [6, 6.07) is 9.22. The lowest BCUT2D eigenvalue weighted by Crippen LogP contribution is -2.23. The Bertz CT molecular complexity index is 588. The van der Waals surface area contributed by atoms with Crippen LogP contribution in [0.5, 0.6) is 0 Å². The summed E-state index contributed by atoms with van der Waals surface area (Å²) in [4.78, 5) is 22.5. The molecule has 0 atom stereocenters. The van der Waals surface area contributed by atoms with Crippen molar-refractivity contribution in [2.24, 2.45) is 0 Å². The Hall–Kier alpha value is -2.57. The summed E-state index contributed by atoms with van der Waals surface area (Å²) < 4.78 is 9.54. The van der Waals surface area contributed by atoms with E-state index in [0.717, 1.165) is 5.56 Å². The molecule has 0 radical (unpaired) electrons. The number of amides is 1. The van der Waals surface area contributed by atoms with Crippen LogP contribution in [0.1, 0.15) is 11.3 Å². The Balaban J connectivity index is 1.92. The van der Waals surface area contributed by atoms with Gasteiger partial charge >= 0.3 is 11.9 Å². The largest absolute Gasteiger partial charge is 0.474 e. The van der Waals surface area contributed by atoms with Crippen LogP contribution in [0.25, 0.3) is 0 Å². The number of aryl methyl sites for hydroxylation is 1. The van der Waals surface area contributed by atoms with E-state index in [0.29, 0.717) is 5.69 Å². The third kappa shape index (κ3) is 2.76. The number of aromatic amines is 1. The van der Waals surface area contributed by atoms with Gasteiger partial charge in [0.05, 0.1) is 0 Å². The molecule has 2 rings (SSSR count). The Morgan fingerprint density at radius 2 is 2.17 bits per heavy atom. The molecule has 0 aliphatic rings. The van der Waals surface area contributed by atoms with Crippen molar-refractivity contribution < 1.29 is 18.8 Å². The zero-order valence-electron chi connectivity index (χ0n) is 9.67. The summed E-state index contributed by atoms with van der Waals surface area (Å²) in [5.41, 5.74) is 1.26. The third-order valence-electron chi connectivity index (χ3n) is 2.25. The van der Waals surface area contributed by atoms with Crippen molar-refractivity contribution >= 4 is 11.9 Å². The zero-order chi connectivity index (χ0) is 13.0. The van der Waals surface area contributed by atoms with E-state index >= 15 is 0 Å². The second kappa shape index (κ2) is 5.17. The summed E-state index contributed by atoms with van der Waals surface area (Å²) >= 11 is 0. The lowest BCUT2D eigenvalue weighted by Gasteiger charge is -2.01. The van der Waals surface area contributed by atoms with Gasteiger partial charge < -0.3 is 4.74 Å². The lowest BCUT2D eigenvalue weighted by atomic mass is 10.2. The van der Waals surface area contributed by atoms with Crippen molar-refractivity contribution in [2.45, 2.75) is 13.5 Å². The molecule has 1 amide bonds. The van der Waals surface area contributed by atoms with Gasteiger partial charge in [0.15, 0.2) is 10.3 Å². The first-order chi connectivity index (χ1) is 8.66. The van der Waals surface area contributed by atoms with Gasteiger partial charge in [-0.15, -0.1) is 9.79 Å². The average molecular weight is 250 g/mol. The highest BCUT2D eigenvalue weighted by Crippen LogP contribution is 2.05. The highest BCUT2D eigenvalue weighted by atomic mass is 16.7. The molecule has 1 heterocycles. The summed E-state index contributed by atoms with van der Waals surface area (Å²) in [5.74, 6) is -0.0203. The molecule has 0 fully saturated rings. The fourth-order valence-corrected chi connectivity index (χ4v) is 1.34. The molecule has 7 nitrogen and oxygen atoms in total. The monoisotopic (exact) mass is 250 g/mol. The molecule has 2 aromatic rings. The summed E-state index contributed by atoms with van der Waals surface area (Å²) in [7, 11) is 0. The van der Waals surface area contributed by atoms with Crippen LogP contribution in [0.15, 0.2) is 35.0 Å². The van der Waals surface area contributed by atoms with Crippen molar-refractivity contribution in [1.82, 2.24) is 5.16 Å². The molecule has 2 N–H and O–H groups in total. The van der Waals surface area contributed by atoms with Crippen molar-refractivity contribution in [2.75, 3.05) is 5.32 Å². The molecule has 7 heteroatoms. The van der Waals surface area contributed by atoms with E-state index in [1.807, 2.05) is 30.3 Å². The van der Waals surface area contributed by atoms with Crippen molar-refractivity contribution in [1.29, 1.82) is 0 Å². The van der Waals surface area contributed by atoms with Gasteiger partial charge in [-0.2, -0.15) is 5.32 Å². The number of hydrogen-bond donors (Lipinski definition) is 2. The number of benzene rings is 1. The standard InChI is InChI=1S/C11H11N3O4/c1-8-10(14(16)18-13-8)12-11(15)17-7-9-5-3-2-4-6-9/h2-6H,7H2,1H3,(H-,12,13,15,16)/p+1. The van der Waals surface area contributed by atoms with E-state index in [2.05, 4.69) is 15.1 Å². The van der Waals surface area contributed by atoms with Crippen LogP contribution < -0.4 is 9.92 Å². The summed E-state index contributed by atoms with van der Waals surface area (Å²) in [5, 5.41) is 4.61. The maximum atomic E-state index is 11.4. The second-order valence-electron chi connectivity index (χ2n) is 3.61. The normalized spacial score (nSPS) is 10.1. The first kappa shape index (κ1) is 11.9. The molecule has 0 saturated carbocycles. The van der Waals surface area contributed by atoms with Gasteiger partial charge in [-0.05, 0) is 10.5 Å². The number of carbonyl (C=O) groups excluding carboxylic acids is 1. The molecule has 0 aliphatic carbocycles. The fourth-order valence-electron chi connectivity index (χ4n) is 1.34. The molecule has 18 heavy (non-hydrogen) atoms. The maximum absolute atomic E-state index is 11.4. The first-order valence-corrected chi connectivity index (χ1v) is 5.25. The predicted octanol–water partition coefficient (Wildman–Crippen LogP) is 1.58. The molecule has 0 bridgehead atoms. The average Bonchev–Trinajstić information content (AvgIpc) is 2.69. The van der Waals surface area contributed by atoms with Crippen LogP contribution in [0.4, 0.5) is 10.6 Å². The van der Waals surface area contributed by atoms with E-state index in [-0.39, 0.29) is 17.0 Å². The van der Waals surface area contributed by atoms with Gasteiger partial charge in [-0.25, -0.2) is 4.79 Å². The number of anilines is 1. The Morgan fingerprint density at radius 3 is 2.78 bits per heavy atom. The van der Waals surface area contributed by atoms with E-state index in [4.69, 9.17) is 4.74 Å². The van der Waals surface area contributed by atoms with E-state index < -0.39 is 6.09 Å². The minimum absolute atomic E-state index is 0.0203. The molecule has 1 aromatic heterocycles. The van der Waals surface area contributed by atoms with E-state index in [9.17, 15) is 9.70 Å². The number of hydrogen-bond acceptors (Lipinski definition) is 4. The number of carbonyl (C=O) groups is 1. The smallest absolute Gasteiger partial charge is 0.433 e. The van der Waals surface area contributed by atoms with Crippen LogP contribution in [-0.2, 0) is 11.3 Å². The van der Waals surface area contributed by atoms with Gasteiger partial charge in [0.2, 0.25) is 0 Å². The van der Waals surface area contributed by atoms with Crippen LogP contribution in [0.2, 0.25) is 0 Å². The minimum atomic E-state index is -0.721. The molecule has 0 aliphatic heterocycles. The van der Waals surface area contributed by atoms with Gasteiger partial charge in [-0.1, -0.05) is 30.3 Å². The van der Waals surface area contributed by atoms with Crippen molar-refractivity contribution in [3.8, 4) is 0 Å². The predicted molar refractivity (Wildman–Crippen MR) is 61.4 cm³/mol. The quantitative estimate of drug-likeness (QED) is 0.865. The van der Waals surface area contributed by atoms with Gasteiger partial charge in [0.1, 0.15) is 6.61 Å². The van der Waals surface area contributed by atoms with Crippen LogP contribution >= 0.6 is 0 Å². The van der Waals surface area contributed by atoms with Crippen LogP contribution in [0.3, 0.4) is 0 Å². The molecule has 0 unspecified atom stereocenters. The SMILES string of the molecule is Cc1[nH]o[n+](=O)c1NC(=O)OCc1ccccc1. The lowest BCUT2D eigenvalue weighted by molar-refractivity contribution is -0.701. The fraction of sp³-hybridized carbons (Fsp3) is 0.182. The zero-order valence-corrected chi connectivity index (χ0v) is 9.67. The summed E-state index contributed by atoms with van der Waals surface area (Å²) in [6.45, 7) is 1.72.